The number of nitrogens with zero attached hydrogens (tertiary/aromatic N) is 2. The van der Waals surface area contributed by atoms with Gasteiger partial charge in [0.15, 0.2) is 15.5 Å². The Morgan fingerprint density at radius 2 is 1.93 bits per heavy atom. The Hall–Kier alpha value is -2.84. The lowest BCUT2D eigenvalue weighted by Crippen LogP contribution is -2.32. The summed E-state index contributed by atoms with van der Waals surface area (Å²) < 4.78 is 24.2. The maximum atomic E-state index is 12.7. The highest BCUT2D eigenvalue weighted by Gasteiger charge is 2.16. The standard InChI is InChI=1S/C21H23ClN4O3S/c1-14(10-13-30(3,28)29)24-21(27)19-9-8-18(20-23-11-12-26(19)20)25-15(2)16-6-4-5-7-17(16)22/h4-15,25H,1-3H3,(H,24,27)/b13-10+/t14-,15+/m1/s1. The van der Waals surface area contributed by atoms with Gasteiger partial charge in [-0.25, -0.2) is 13.4 Å². The molecule has 3 rings (SSSR count). The summed E-state index contributed by atoms with van der Waals surface area (Å²) in [4.78, 5) is 17.1. The molecule has 1 aromatic carbocycles. The molecule has 2 aromatic heterocycles. The van der Waals surface area contributed by atoms with Crippen LogP contribution >= 0.6 is 11.6 Å². The first kappa shape index (κ1) is 21.9. The van der Waals surface area contributed by atoms with Crippen LogP contribution in [0.5, 0.6) is 0 Å². The minimum atomic E-state index is -3.25. The van der Waals surface area contributed by atoms with Gasteiger partial charge in [-0.1, -0.05) is 35.9 Å². The van der Waals surface area contributed by atoms with Crippen molar-refractivity contribution < 1.29 is 13.2 Å². The van der Waals surface area contributed by atoms with Crippen LogP contribution in [0.4, 0.5) is 5.69 Å². The predicted octanol–water partition coefficient (Wildman–Crippen LogP) is 3.84. The first-order valence-electron chi connectivity index (χ1n) is 9.32. The van der Waals surface area contributed by atoms with Crippen molar-refractivity contribution in [2.75, 3.05) is 11.6 Å². The Labute approximate surface area is 180 Å². The number of rotatable bonds is 7. The number of benzene rings is 1. The average molecular weight is 447 g/mol. The molecular weight excluding hydrogens is 424 g/mol. The molecule has 0 fully saturated rings. The van der Waals surface area contributed by atoms with E-state index in [1.807, 2.05) is 31.2 Å². The van der Waals surface area contributed by atoms with E-state index < -0.39 is 15.9 Å². The summed E-state index contributed by atoms with van der Waals surface area (Å²) in [5.74, 6) is -0.339. The zero-order chi connectivity index (χ0) is 21.9. The van der Waals surface area contributed by atoms with Crippen LogP contribution in [0.2, 0.25) is 5.02 Å². The molecule has 158 valence electrons. The number of nitrogens with one attached hydrogen (secondary N) is 2. The number of hydrogen-bond donors (Lipinski definition) is 2. The van der Waals surface area contributed by atoms with Crippen molar-refractivity contribution in [3.05, 3.63) is 76.6 Å². The van der Waals surface area contributed by atoms with Gasteiger partial charge in [0, 0.05) is 35.1 Å². The quantitative estimate of drug-likeness (QED) is 0.575. The van der Waals surface area contributed by atoms with Crippen molar-refractivity contribution in [1.82, 2.24) is 14.7 Å². The van der Waals surface area contributed by atoms with Gasteiger partial charge < -0.3 is 10.6 Å². The molecule has 0 saturated carbocycles. The topological polar surface area (TPSA) is 92.6 Å². The third-order valence-electron chi connectivity index (χ3n) is 4.50. The number of fused-ring (bicyclic) bond motifs is 1. The molecule has 0 unspecified atom stereocenters. The van der Waals surface area contributed by atoms with Gasteiger partial charge in [0.25, 0.3) is 5.91 Å². The van der Waals surface area contributed by atoms with Crippen LogP contribution in [0.15, 0.2) is 60.3 Å². The summed E-state index contributed by atoms with van der Waals surface area (Å²) in [6, 6.07) is 10.6. The molecule has 2 N–H and O–H groups in total. The molecule has 0 bridgehead atoms. The number of imidazole rings is 1. The highest BCUT2D eigenvalue weighted by atomic mass is 35.5. The Morgan fingerprint density at radius 1 is 1.20 bits per heavy atom. The third kappa shape index (κ3) is 5.20. The first-order chi connectivity index (χ1) is 14.2. The van der Waals surface area contributed by atoms with Crippen molar-refractivity contribution in [3.8, 4) is 0 Å². The lowest BCUT2D eigenvalue weighted by Gasteiger charge is -2.18. The van der Waals surface area contributed by atoms with Crippen LogP contribution in [0, 0.1) is 0 Å². The second-order valence-electron chi connectivity index (χ2n) is 7.06. The molecule has 3 aromatic rings. The number of sulfone groups is 1. The number of aromatic nitrogens is 2. The van der Waals surface area contributed by atoms with E-state index in [4.69, 9.17) is 11.6 Å². The molecule has 9 heteroatoms. The van der Waals surface area contributed by atoms with Crippen LogP contribution in [0.1, 0.15) is 35.9 Å². The molecule has 0 saturated heterocycles. The van der Waals surface area contributed by atoms with Gasteiger partial charge in [0.2, 0.25) is 0 Å². The number of halogens is 1. The van der Waals surface area contributed by atoms with Crippen LogP contribution in [-0.4, -0.2) is 36.0 Å². The largest absolute Gasteiger partial charge is 0.375 e. The van der Waals surface area contributed by atoms with Crippen molar-refractivity contribution in [2.45, 2.75) is 25.9 Å². The van der Waals surface area contributed by atoms with Crippen LogP contribution in [0.25, 0.3) is 5.65 Å². The van der Waals surface area contributed by atoms with Crippen molar-refractivity contribution in [3.63, 3.8) is 0 Å². The van der Waals surface area contributed by atoms with Gasteiger partial charge in [0.05, 0.1) is 11.7 Å². The fourth-order valence-corrected chi connectivity index (χ4v) is 3.86. The number of carbonyl (C=O) groups excluding carboxylic acids is 1. The van der Waals surface area contributed by atoms with Crippen molar-refractivity contribution in [2.24, 2.45) is 0 Å². The van der Waals surface area contributed by atoms with Crippen molar-refractivity contribution >= 4 is 38.7 Å². The molecular formula is C21H23ClN4O3S. The van der Waals surface area contributed by atoms with E-state index in [-0.39, 0.29) is 11.9 Å². The van der Waals surface area contributed by atoms with Gasteiger partial charge in [-0.2, -0.15) is 0 Å². The van der Waals surface area contributed by atoms with E-state index in [1.165, 1.54) is 6.08 Å². The van der Waals surface area contributed by atoms with Crippen molar-refractivity contribution in [1.29, 1.82) is 0 Å². The SMILES string of the molecule is C[C@H](/C=C/S(C)(=O)=O)NC(=O)c1ccc(N[C@@H](C)c2ccccc2Cl)c2nccn12. The predicted molar refractivity (Wildman–Crippen MR) is 120 cm³/mol. The number of pyridine rings is 1. The molecule has 0 spiro atoms. The molecule has 1 amide bonds. The normalized spacial score (nSPS) is 14.0. The zero-order valence-electron chi connectivity index (χ0n) is 16.8. The Kier molecular flexibility index (Phi) is 6.48. The summed E-state index contributed by atoms with van der Waals surface area (Å²) in [7, 11) is -3.25. The number of amides is 1. The van der Waals surface area contributed by atoms with E-state index in [0.717, 1.165) is 22.9 Å². The monoisotopic (exact) mass is 446 g/mol. The zero-order valence-corrected chi connectivity index (χ0v) is 18.4. The van der Waals surface area contributed by atoms with Crippen LogP contribution < -0.4 is 10.6 Å². The smallest absolute Gasteiger partial charge is 0.268 e. The summed E-state index contributed by atoms with van der Waals surface area (Å²) in [5, 5.41) is 7.91. The summed E-state index contributed by atoms with van der Waals surface area (Å²) >= 11 is 6.29. The average Bonchev–Trinajstić information content (AvgIpc) is 3.16. The van der Waals surface area contributed by atoms with Gasteiger partial charge in [-0.15, -0.1) is 0 Å². The van der Waals surface area contributed by atoms with Gasteiger partial charge in [-0.3, -0.25) is 9.20 Å². The number of carbonyl (C=O) groups is 1. The molecule has 0 aliphatic rings. The number of anilines is 1. The summed E-state index contributed by atoms with van der Waals surface area (Å²) in [5.41, 5.74) is 2.70. The fraction of sp³-hybridized carbons (Fsp3) is 0.238. The van der Waals surface area contributed by atoms with E-state index in [0.29, 0.717) is 16.4 Å². The minimum absolute atomic E-state index is 0.0694. The second-order valence-corrected chi connectivity index (χ2v) is 9.40. The van der Waals surface area contributed by atoms with Gasteiger partial charge >= 0.3 is 0 Å². The maximum absolute atomic E-state index is 12.7. The molecule has 0 radical (unpaired) electrons. The molecule has 7 nitrogen and oxygen atoms in total. The Balaban J connectivity index is 1.83. The van der Waals surface area contributed by atoms with Gasteiger partial charge in [0.1, 0.15) is 5.69 Å². The Bertz CT molecular complexity index is 1200. The summed E-state index contributed by atoms with van der Waals surface area (Å²) in [6.07, 6.45) is 5.85. The third-order valence-corrected chi connectivity index (χ3v) is 5.49. The van der Waals surface area contributed by atoms with Crippen LogP contribution in [0.3, 0.4) is 0 Å². The lowest BCUT2D eigenvalue weighted by atomic mass is 10.1. The number of hydrogen-bond acceptors (Lipinski definition) is 5. The molecule has 0 aliphatic carbocycles. The summed E-state index contributed by atoms with van der Waals surface area (Å²) in [6.45, 7) is 3.70. The van der Waals surface area contributed by atoms with E-state index in [1.54, 1.807) is 35.9 Å². The van der Waals surface area contributed by atoms with E-state index >= 15 is 0 Å². The minimum Gasteiger partial charge on any atom is -0.375 e. The molecule has 2 atom stereocenters. The van der Waals surface area contributed by atoms with Gasteiger partial charge in [-0.05, 0) is 37.6 Å². The lowest BCUT2D eigenvalue weighted by molar-refractivity contribution is 0.0940. The Morgan fingerprint density at radius 3 is 2.63 bits per heavy atom. The highest BCUT2D eigenvalue weighted by molar-refractivity contribution is 7.93. The molecule has 0 aliphatic heterocycles. The maximum Gasteiger partial charge on any atom is 0.268 e. The molecule has 30 heavy (non-hydrogen) atoms. The fourth-order valence-electron chi connectivity index (χ4n) is 3.04. The van der Waals surface area contributed by atoms with E-state index in [2.05, 4.69) is 15.6 Å². The van der Waals surface area contributed by atoms with E-state index in [9.17, 15) is 13.2 Å². The first-order valence-corrected chi connectivity index (χ1v) is 11.6. The van der Waals surface area contributed by atoms with Crippen LogP contribution in [-0.2, 0) is 9.84 Å². The second kappa shape index (κ2) is 8.89. The highest BCUT2D eigenvalue weighted by Crippen LogP contribution is 2.27. The molecule has 2 heterocycles.